The number of halogens is 2. The lowest BCUT2D eigenvalue weighted by atomic mass is 9.95. The Kier molecular flexibility index (Phi) is 5.42. The summed E-state index contributed by atoms with van der Waals surface area (Å²) in [6.45, 7) is 0.473. The second-order valence-corrected chi connectivity index (χ2v) is 10.3. The SMILES string of the molecule is O=C(Nc1cccc(F)c1)N1Cc2c(sc3c2CCCC3)-n2cccc2[C@@H]1c1cccc(Cl)c1. The van der Waals surface area contributed by atoms with Crippen LogP contribution in [0.5, 0.6) is 0 Å². The predicted octanol–water partition coefficient (Wildman–Crippen LogP) is 7.35. The van der Waals surface area contributed by atoms with Gasteiger partial charge in [0.25, 0.3) is 0 Å². The molecule has 1 N–H and O–H groups in total. The van der Waals surface area contributed by atoms with Gasteiger partial charge in [0, 0.05) is 27.3 Å². The molecule has 172 valence electrons. The third-order valence-corrected chi connectivity index (χ3v) is 8.25. The molecular weight excluding hydrogens is 469 g/mol. The molecule has 34 heavy (non-hydrogen) atoms. The van der Waals surface area contributed by atoms with E-state index < -0.39 is 0 Å². The summed E-state index contributed by atoms with van der Waals surface area (Å²) in [6, 6.07) is 17.2. The van der Waals surface area contributed by atoms with Crippen molar-refractivity contribution in [3.8, 4) is 5.00 Å². The summed E-state index contributed by atoms with van der Waals surface area (Å²) < 4.78 is 16.1. The molecule has 0 unspecified atom stereocenters. The third kappa shape index (κ3) is 3.71. The lowest BCUT2D eigenvalue weighted by molar-refractivity contribution is 0.194. The van der Waals surface area contributed by atoms with Crippen LogP contribution in [-0.4, -0.2) is 15.5 Å². The number of hydrogen-bond donors (Lipinski definition) is 1. The van der Waals surface area contributed by atoms with E-state index >= 15 is 0 Å². The molecule has 6 rings (SSSR count). The van der Waals surface area contributed by atoms with Gasteiger partial charge in [-0.2, -0.15) is 0 Å². The maximum Gasteiger partial charge on any atom is 0.322 e. The maximum absolute atomic E-state index is 13.8. The van der Waals surface area contributed by atoms with Gasteiger partial charge in [0.1, 0.15) is 10.8 Å². The third-order valence-electron chi connectivity index (χ3n) is 6.68. The van der Waals surface area contributed by atoms with Gasteiger partial charge >= 0.3 is 6.03 Å². The molecule has 7 heteroatoms. The first kappa shape index (κ1) is 21.4. The van der Waals surface area contributed by atoms with Crippen LogP contribution >= 0.6 is 22.9 Å². The van der Waals surface area contributed by atoms with E-state index in [1.807, 2.05) is 46.6 Å². The van der Waals surface area contributed by atoms with Crippen molar-refractivity contribution in [3.05, 3.63) is 105 Å². The zero-order chi connectivity index (χ0) is 23.2. The summed E-state index contributed by atoms with van der Waals surface area (Å²) in [4.78, 5) is 17.1. The number of aryl methyl sites for hydroxylation is 1. The number of carbonyl (C=O) groups is 1. The molecule has 1 atom stereocenters. The number of thiophene rings is 1. The average Bonchev–Trinajstić information content (AvgIpc) is 3.41. The fourth-order valence-corrected chi connectivity index (χ4v) is 6.78. The van der Waals surface area contributed by atoms with Crippen LogP contribution in [0.3, 0.4) is 0 Å². The largest absolute Gasteiger partial charge is 0.322 e. The van der Waals surface area contributed by atoms with Gasteiger partial charge in [-0.25, -0.2) is 9.18 Å². The molecule has 0 fully saturated rings. The molecule has 3 heterocycles. The van der Waals surface area contributed by atoms with Crippen molar-refractivity contribution in [2.75, 3.05) is 5.32 Å². The second-order valence-electron chi connectivity index (χ2n) is 8.82. The maximum atomic E-state index is 13.8. The van der Waals surface area contributed by atoms with Gasteiger partial charge in [0.2, 0.25) is 0 Å². The van der Waals surface area contributed by atoms with Crippen molar-refractivity contribution < 1.29 is 9.18 Å². The van der Waals surface area contributed by atoms with Crippen molar-refractivity contribution in [1.29, 1.82) is 0 Å². The Balaban J connectivity index is 1.51. The summed E-state index contributed by atoms with van der Waals surface area (Å²) in [7, 11) is 0. The summed E-state index contributed by atoms with van der Waals surface area (Å²) in [6.07, 6.45) is 6.60. The van der Waals surface area contributed by atoms with E-state index in [4.69, 9.17) is 11.6 Å². The number of anilines is 1. The molecule has 2 aromatic heterocycles. The molecule has 0 saturated heterocycles. The number of nitrogens with zero attached hydrogens (tertiary/aromatic N) is 2. The smallest absolute Gasteiger partial charge is 0.310 e. The van der Waals surface area contributed by atoms with E-state index in [1.165, 1.54) is 46.0 Å². The number of urea groups is 1. The Morgan fingerprint density at radius 2 is 1.88 bits per heavy atom. The van der Waals surface area contributed by atoms with Gasteiger partial charge in [-0.3, -0.25) is 0 Å². The Bertz CT molecular complexity index is 1390. The van der Waals surface area contributed by atoms with Crippen molar-refractivity contribution in [2.24, 2.45) is 0 Å². The normalized spacial score (nSPS) is 16.9. The summed E-state index contributed by atoms with van der Waals surface area (Å²) in [5, 5.41) is 4.75. The van der Waals surface area contributed by atoms with Gasteiger partial charge in [-0.15, -0.1) is 11.3 Å². The molecule has 0 spiro atoms. The first-order chi connectivity index (χ1) is 16.6. The van der Waals surface area contributed by atoms with Crippen molar-refractivity contribution in [3.63, 3.8) is 0 Å². The highest BCUT2D eigenvalue weighted by Gasteiger charge is 2.36. The molecule has 2 amide bonds. The molecule has 1 aliphatic heterocycles. The molecule has 0 bridgehead atoms. The van der Waals surface area contributed by atoms with E-state index in [9.17, 15) is 9.18 Å². The number of benzene rings is 2. The zero-order valence-corrected chi connectivity index (χ0v) is 20.0. The van der Waals surface area contributed by atoms with Gasteiger partial charge in [0.05, 0.1) is 18.3 Å². The Labute approximate surface area is 206 Å². The van der Waals surface area contributed by atoms with Crippen LogP contribution in [0, 0.1) is 5.82 Å². The van der Waals surface area contributed by atoms with Crippen LogP contribution in [-0.2, 0) is 19.4 Å². The van der Waals surface area contributed by atoms with Crippen LogP contribution in [0.4, 0.5) is 14.9 Å². The minimum atomic E-state index is -0.386. The van der Waals surface area contributed by atoms with Gasteiger partial charge in [-0.1, -0.05) is 29.8 Å². The molecule has 0 saturated carbocycles. The number of rotatable bonds is 2. The molecule has 4 aromatic rings. The minimum Gasteiger partial charge on any atom is -0.310 e. The van der Waals surface area contributed by atoms with Crippen LogP contribution < -0.4 is 5.32 Å². The standard InChI is InChI=1S/C27H23ClFN3OS/c28-18-7-3-6-17(14-18)25-23-11-5-13-31(23)26-22(21-10-1-2-12-24(21)34-26)16-32(25)27(33)30-20-9-4-8-19(29)15-20/h3-9,11,13-15,25H,1-2,10,12,16H2,(H,30,33)/t25-/m0/s1. The number of amides is 2. The number of aromatic nitrogens is 1. The van der Waals surface area contributed by atoms with Crippen LogP contribution in [0.2, 0.25) is 5.02 Å². The Morgan fingerprint density at radius 3 is 2.74 bits per heavy atom. The van der Waals surface area contributed by atoms with E-state index in [1.54, 1.807) is 12.1 Å². The van der Waals surface area contributed by atoms with Crippen LogP contribution in [0.15, 0.2) is 66.9 Å². The van der Waals surface area contributed by atoms with Gasteiger partial charge < -0.3 is 14.8 Å². The first-order valence-corrected chi connectivity index (χ1v) is 12.7. The highest BCUT2D eigenvalue weighted by Crippen LogP contribution is 2.44. The Morgan fingerprint density at radius 1 is 1.03 bits per heavy atom. The highest BCUT2D eigenvalue weighted by molar-refractivity contribution is 7.15. The fraction of sp³-hybridized carbons (Fsp3) is 0.222. The molecule has 1 aliphatic carbocycles. The van der Waals surface area contributed by atoms with E-state index in [0.29, 0.717) is 17.3 Å². The van der Waals surface area contributed by atoms with E-state index in [2.05, 4.69) is 22.1 Å². The quantitative estimate of drug-likeness (QED) is 0.313. The molecule has 0 radical (unpaired) electrons. The van der Waals surface area contributed by atoms with Crippen molar-refractivity contribution >= 4 is 34.7 Å². The molecule has 2 aliphatic rings. The number of nitrogens with one attached hydrogen (secondary N) is 1. The topological polar surface area (TPSA) is 37.3 Å². The van der Waals surface area contributed by atoms with Crippen LogP contribution in [0.25, 0.3) is 5.00 Å². The average molecular weight is 492 g/mol. The molecule has 2 aromatic carbocycles. The van der Waals surface area contributed by atoms with E-state index in [-0.39, 0.29) is 17.9 Å². The lowest BCUT2D eigenvalue weighted by Crippen LogP contribution is -2.38. The minimum absolute atomic E-state index is 0.271. The number of fused-ring (bicyclic) bond motifs is 5. The van der Waals surface area contributed by atoms with Crippen molar-refractivity contribution in [2.45, 2.75) is 38.3 Å². The van der Waals surface area contributed by atoms with Crippen LogP contribution in [0.1, 0.15) is 46.1 Å². The van der Waals surface area contributed by atoms with E-state index in [0.717, 1.165) is 24.1 Å². The van der Waals surface area contributed by atoms with Crippen molar-refractivity contribution in [1.82, 2.24) is 9.47 Å². The number of carbonyl (C=O) groups excluding carboxylic acids is 1. The molecular formula is C27H23ClFN3OS. The monoisotopic (exact) mass is 491 g/mol. The van der Waals surface area contributed by atoms with Gasteiger partial charge in [-0.05, 0) is 79.3 Å². The lowest BCUT2D eigenvalue weighted by Gasteiger charge is -2.31. The summed E-state index contributed by atoms with van der Waals surface area (Å²) in [5.74, 6) is -0.386. The summed E-state index contributed by atoms with van der Waals surface area (Å²) in [5.41, 5.74) is 4.99. The van der Waals surface area contributed by atoms with Gasteiger partial charge in [0.15, 0.2) is 0 Å². The predicted molar refractivity (Wildman–Crippen MR) is 135 cm³/mol. The first-order valence-electron chi connectivity index (χ1n) is 11.5. The summed E-state index contributed by atoms with van der Waals surface area (Å²) >= 11 is 8.23. The molecule has 4 nitrogen and oxygen atoms in total. The Hall–Kier alpha value is -3.09. The second kappa shape index (κ2) is 8.60. The highest BCUT2D eigenvalue weighted by atomic mass is 35.5. The fourth-order valence-electron chi connectivity index (χ4n) is 5.18. The number of hydrogen-bond acceptors (Lipinski definition) is 2. The zero-order valence-electron chi connectivity index (χ0n) is 18.4.